The van der Waals surface area contributed by atoms with Crippen LogP contribution in [0.5, 0.6) is 0 Å². The van der Waals surface area contributed by atoms with Crippen LogP contribution in [0.4, 0.5) is 5.82 Å². The van der Waals surface area contributed by atoms with Crippen molar-refractivity contribution in [2.75, 3.05) is 24.2 Å². The van der Waals surface area contributed by atoms with Gasteiger partial charge in [-0.1, -0.05) is 46.4 Å². The minimum absolute atomic E-state index is 0.0765. The Morgan fingerprint density at radius 2 is 2.00 bits per heavy atom. The third kappa shape index (κ3) is 5.86. The van der Waals surface area contributed by atoms with E-state index >= 15 is 0 Å². The van der Waals surface area contributed by atoms with E-state index in [0.717, 1.165) is 34.3 Å². The predicted octanol–water partition coefficient (Wildman–Crippen LogP) is 3.17. The average molecular weight is 379 g/mol. The number of anilines is 1. The number of fused-ring (bicyclic) bond motifs is 1. The summed E-state index contributed by atoms with van der Waals surface area (Å²) in [4.78, 5) is 21.1. The minimum Gasteiger partial charge on any atom is -0.369 e. The summed E-state index contributed by atoms with van der Waals surface area (Å²) in [5.41, 5.74) is 0.806. The van der Waals surface area contributed by atoms with Crippen LogP contribution >= 0.6 is 11.8 Å². The van der Waals surface area contributed by atoms with E-state index in [9.17, 15) is 4.79 Å². The van der Waals surface area contributed by atoms with Crippen molar-refractivity contribution >= 4 is 34.5 Å². The zero-order valence-corrected chi connectivity index (χ0v) is 17.2. The number of hydrogen-bond acceptors (Lipinski definition) is 6. The highest BCUT2D eigenvalue weighted by Crippen LogP contribution is 2.24. The molecule has 0 atom stereocenters. The van der Waals surface area contributed by atoms with Gasteiger partial charge in [-0.3, -0.25) is 4.79 Å². The lowest BCUT2D eigenvalue weighted by molar-refractivity contribution is -0.121. The molecule has 0 aliphatic rings. The molecule has 2 aromatic rings. The molecular weight excluding hydrogens is 348 g/mol. The highest BCUT2D eigenvalue weighted by atomic mass is 32.2. The normalized spacial score (nSPS) is 11.5. The number of rotatable bonds is 10. The first-order valence-electron chi connectivity index (χ1n) is 9.27. The molecule has 0 bridgehead atoms. The molecule has 2 aromatic heterocycles. The van der Waals surface area contributed by atoms with Crippen molar-refractivity contribution in [2.45, 2.75) is 52.7 Å². The van der Waals surface area contributed by atoms with Crippen LogP contribution in [0.15, 0.2) is 11.4 Å². The van der Waals surface area contributed by atoms with Gasteiger partial charge < -0.3 is 10.6 Å². The molecule has 0 aromatic carbocycles. The molecule has 0 aliphatic heterocycles. The number of carbonyl (C=O) groups excluding carboxylic acids is 1. The molecule has 0 aliphatic carbocycles. The van der Waals surface area contributed by atoms with E-state index in [0.29, 0.717) is 31.3 Å². The number of carbonyl (C=O) groups is 1. The Morgan fingerprint density at radius 3 is 2.65 bits per heavy atom. The summed E-state index contributed by atoms with van der Waals surface area (Å²) in [7, 11) is 0. The number of amides is 1. The first-order chi connectivity index (χ1) is 12.4. The minimum atomic E-state index is 0.0765. The summed E-state index contributed by atoms with van der Waals surface area (Å²) in [5.74, 6) is 2.70. The largest absolute Gasteiger partial charge is 0.369 e. The molecule has 0 unspecified atom stereocenters. The van der Waals surface area contributed by atoms with Crippen LogP contribution in [0.25, 0.3) is 11.0 Å². The molecule has 2 N–H and O–H groups in total. The van der Waals surface area contributed by atoms with Gasteiger partial charge >= 0.3 is 0 Å². The summed E-state index contributed by atoms with van der Waals surface area (Å²) in [6.07, 6.45) is 2.34. The van der Waals surface area contributed by atoms with Crippen LogP contribution in [-0.4, -0.2) is 44.5 Å². The van der Waals surface area contributed by atoms with Gasteiger partial charge in [0.05, 0.1) is 18.1 Å². The smallest absolute Gasteiger partial charge is 0.220 e. The highest BCUT2D eigenvalue weighted by Gasteiger charge is 2.13. The van der Waals surface area contributed by atoms with E-state index in [1.54, 1.807) is 18.0 Å². The van der Waals surface area contributed by atoms with Crippen molar-refractivity contribution in [1.82, 2.24) is 25.1 Å². The second-order valence-corrected chi connectivity index (χ2v) is 8.35. The van der Waals surface area contributed by atoms with Gasteiger partial charge in [-0.2, -0.15) is 5.10 Å². The summed E-state index contributed by atoms with van der Waals surface area (Å²) < 4.78 is 1.84. The number of nitrogens with zero attached hydrogens (tertiary/aromatic N) is 4. The second-order valence-electron chi connectivity index (χ2n) is 7.12. The predicted molar refractivity (Wildman–Crippen MR) is 108 cm³/mol. The van der Waals surface area contributed by atoms with Crippen LogP contribution in [0.1, 0.15) is 41.0 Å². The van der Waals surface area contributed by atoms with E-state index in [1.165, 1.54) is 0 Å². The molecule has 0 saturated heterocycles. The molecule has 1 amide bonds. The molecule has 0 fully saturated rings. The Balaban J connectivity index is 2.15. The molecule has 0 spiro atoms. The van der Waals surface area contributed by atoms with Gasteiger partial charge in [0.25, 0.3) is 0 Å². The molecule has 8 heteroatoms. The van der Waals surface area contributed by atoms with Gasteiger partial charge in [0, 0.05) is 19.5 Å². The molecule has 2 heterocycles. The van der Waals surface area contributed by atoms with Crippen LogP contribution in [0.2, 0.25) is 0 Å². The Kier molecular flexibility index (Phi) is 7.68. The van der Waals surface area contributed by atoms with Gasteiger partial charge in [0.2, 0.25) is 5.91 Å². The Labute approximate surface area is 159 Å². The Morgan fingerprint density at radius 1 is 1.23 bits per heavy atom. The number of thioether (sulfide) groups is 1. The van der Waals surface area contributed by atoms with Crippen molar-refractivity contribution in [3.05, 3.63) is 6.20 Å². The van der Waals surface area contributed by atoms with E-state index in [1.807, 2.05) is 18.5 Å². The number of hydrogen-bond donors (Lipinski definition) is 2. The monoisotopic (exact) mass is 378 g/mol. The van der Waals surface area contributed by atoms with Crippen molar-refractivity contribution in [2.24, 2.45) is 11.8 Å². The zero-order valence-electron chi connectivity index (χ0n) is 16.4. The van der Waals surface area contributed by atoms with E-state index in [4.69, 9.17) is 0 Å². The summed E-state index contributed by atoms with van der Waals surface area (Å²) in [5, 5.41) is 12.5. The average Bonchev–Trinajstić information content (AvgIpc) is 2.95. The maximum absolute atomic E-state index is 11.8. The van der Waals surface area contributed by atoms with Gasteiger partial charge in [0.1, 0.15) is 5.82 Å². The fourth-order valence-electron chi connectivity index (χ4n) is 2.47. The fourth-order valence-corrected chi connectivity index (χ4v) is 3.04. The second kappa shape index (κ2) is 9.75. The van der Waals surface area contributed by atoms with Crippen molar-refractivity contribution in [1.29, 1.82) is 0 Å². The fraction of sp³-hybridized carbons (Fsp3) is 0.667. The first-order valence-corrected chi connectivity index (χ1v) is 10.3. The SMILES string of the molecule is CCSc1nc(NCC(C)C)c2cnn(CCNC(=O)CC(C)C)c2n1. The van der Waals surface area contributed by atoms with E-state index in [-0.39, 0.29) is 5.91 Å². The highest BCUT2D eigenvalue weighted by molar-refractivity contribution is 7.99. The van der Waals surface area contributed by atoms with Gasteiger partial charge in [-0.15, -0.1) is 0 Å². The third-order valence-electron chi connectivity index (χ3n) is 3.67. The van der Waals surface area contributed by atoms with Crippen molar-refractivity contribution in [3.63, 3.8) is 0 Å². The van der Waals surface area contributed by atoms with Gasteiger partial charge in [-0.05, 0) is 17.6 Å². The molecule has 2 rings (SSSR count). The van der Waals surface area contributed by atoms with Crippen LogP contribution in [-0.2, 0) is 11.3 Å². The third-order valence-corrected chi connectivity index (χ3v) is 4.40. The van der Waals surface area contributed by atoms with Gasteiger partial charge in [-0.25, -0.2) is 14.6 Å². The molecule has 144 valence electrons. The maximum atomic E-state index is 11.8. The Hall–Kier alpha value is -1.83. The van der Waals surface area contributed by atoms with Crippen molar-refractivity contribution < 1.29 is 4.79 Å². The van der Waals surface area contributed by atoms with Crippen LogP contribution in [0, 0.1) is 11.8 Å². The molecule has 7 nitrogen and oxygen atoms in total. The molecule has 0 radical (unpaired) electrons. The lowest BCUT2D eigenvalue weighted by Gasteiger charge is -2.11. The summed E-state index contributed by atoms with van der Waals surface area (Å²) in [6, 6.07) is 0. The standard InChI is InChI=1S/C18H30N6OS/c1-6-26-18-22-16(20-10-13(4)5)14-11-21-24(17(14)23-18)8-7-19-15(25)9-12(2)3/h11-13H,6-10H2,1-5H3,(H,19,25)(H,20,22,23). The quantitative estimate of drug-likeness (QED) is 0.488. The number of nitrogens with one attached hydrogen (secondary N) is 2. The van der Waals surface area contributed by atoms with E-state index in [2.05, 4.69) is 46.5 Å². The van der Waals surface area contributed by atoms with Crippen LogP contribution in [0.3, 0.4) is 0 Å². The first kappa shape index (κ1) is 20.5. The number of aromatic nitrogens is 4. The topological polar surface area (TPSA) is 84.7 Å². The van der Waals surface area contributed by atoms with Crippen LogP contribution < -0.4 is 10.6 Å². The molecular formula is C18H30N6OS. The zero-order chi connectivity index (χ0) is 19.1. The summed E-state index contributed by atoms with van der Waals surface area (Å²) in [6.45, 7) is 12.5. The lowest BCUT2D eigenvalue weighted by Crippen LogP contribution is -2.28. The lowest BCUT2D eigenvalue weighted by atomic mass is 10.1. The van der Waals surface area contributed by atoms with Crippen molar-refractivity contribution in [3.8, 4) is 0 Å². The Bertz CT molecular complexity index is 728. The van der Waals surface area contributed by atoms with E-state index < -0.39 is 0 Å². The molecule has 26 heavy (non-hydrogen) atoms. The maximum Gasteiger partial charge on any atom is 0.220 e. The summed E-state index contributed by atoms with van der Waals surface area (Å²) >= 11 is 1.61. The van der Waals surface area contributed by atoms with Gasteiger partial charge in [0.15, 0.2) is 10.8 Å². The molecule has 0 saturated carbocycles.